The first kappa shape index (κ1) is 17.7. The summed E-state index contributed by atoms with van der Waals surface area (Å²) in [6.07, 6.45) is 2.65. The van der Waals surface area contributed by atoms with E-state index in [0.717, 1.165) is 19.4 Å². The van der Waals surface area contributed by atoms with Crippen LogP contribution in [-0.4, -0.2) is 19.0 Å². The predicted molar refractivity (Wildman–Crippen MR) is 89.3 cm³/mol. The summed E-state index contributed by atoms with van der Waals surface area (Å²) >= 11 is 0. The van der Waals surface area contributed by atoms with E-state index < -0.39 is 0 Å². The molecule has 3 nitrogen and oxygen atoms in total. The Hall–Kier alpha value is -1.35. The molecule has 1 aromatic rings. The number of carbonyl (C=O) groups is 1. The number of hydrogen-bond acceptors (Lipinski definition) is 2. The summed E-state index contributed by atoms with van der Waals surface area (Å²) in [5.41, 5.74) is 2.66. The second kappa shape index (κ2) is 9.56. The Kier molecular flexibility index (Phi) is 8.06. The van der Waals surface area contributed by atoms with Crippen LogP contribution < -0.4 is 10.6 Å². The van der Waals surface area contributed by atoms with Crippen molar-refractivity contribution in [3.05, 3.63) is 35.4 Å². The van der Waals surface area contributed by atoms with Gasteiger partial charge in [0.2, 0.25) is 5.91 Å². The Morgan fingerprint density at radius 2 is 1.76 bits per heavy atom. The van der Waals surface area contributed by atoms with Crippen LogP contribution in [0, 0.1) is 5.92 Å². The van der Waals surface area contributed by atoms with Gasteiger partial charge in [-0.15, -0.1) is 0 Å². The monoisotopic (exact) mass is 290 g/mol. The van der Waals surface area contributed by atoms with Gasteiger partial charge in [0.1, 0.15) is 0 Å². The Morgan fingerprint density at radius 1 is 1.10 bits per heavy atom. The predicted octanol–water partition coefficient (Wildman–Crippen LogP) is 3.45. The molecule has 1 aromatic carbocycles. The summed E-state index contributed by atoms with van der Waals surface area (Å²) in [5, 5.41) is 6.30. The minimum absolute atomic E-state index is 0.129. The maximum Gasteiger partial charge on any atom is 0.221 e. The largest absolute Gasteiger partial charge is 0.356 e. The number of benzene rings is 1. The van der Waals surface area contributed by atoms with Crippen LogP contribution in [0.3, 0.4) is 0 Å². The van der Waals surface area contributed by atoms with E-state index in [1.807, 2.05) is 0 Å². The molecule has 0 spiro atoms. The topological polar surface area (TPSA) is 41.1 Å². The second-order valence-corrected chi connectivity index (χ2v) is 6.12. The lowest BCUT2D eigenvalue weighted by molar-refractivity contribution is -0.121. The summed E-state index contributed by atoms with van der Waals surface area (Å²) < 4.78 is 0. The van der Waals surface area contributed by atoms with Crippen LogP contribution in [0.25, 0.3) is 0 Å². The summed E-state index contributed by atoms with van der Waals surface area (Å²) in [7, 11) is 0. The molecule has 1 amide bonds. The number of nitrogens with one attached hydrogen (secondary N) is 2. The van der Waals surface area contributed by atoms with Gasteiger partial charge in [0.05, 0.1) is 0 Å². The molecule has 118 valence electrons. The van der Waals surface area contributed by atoms with Crippen molar-refractivity contribution in [3.63, 3.8) is 0 Å². The van der Waals surface area contributed by atoms with E-state index in [4.69, 9.17) is 0 Å². The fourth-order valence-corrected chi connectivity index (χ4v) is 2.29. The highest BCUT2D eigenvalue weighted by Crippen LogP contribution is 2.15. The third-order valence-electron chi connectivity index (χ3n) is 3.50. The molecule has 0 aliphatic heterocycles. The zero-order valence-corrected chi connectivity index (χ0v) is 13.9. The zero-order chi connectivity index (χ0) is 15.7. The molecule has 1 unspecified atom stereocenters. The van der Waals surface area contributed by atoms with Crippen LogP contribution in [-0.2, 0) is 11.2 Å². The fraction of sp³-hybridized carbons (Fsp3) is 0.611. The molecule has 2 N–H and O–H groups in total. The van der Waals surface area contributed by atoms with Crippen LogP contribution >= 0.6 is 0 Å². The minimum atomic E-state index is 0.129. The lowest BCUT2D eigenvalue weighted by atomic mass is 10.00. The maximum absolute atomic E-state index is 11.5. The highest BCUT2D eigenvalue weighted by atomic mass is 16.1. The van der Waals surface area contributed by atoms with Crippen molar-refractivity contribution in [2.75, 3.05) is 13.1 Å². The van der Waals surface area contributed by atoms with E-state index in [2.05, 4.69) is 62.6 Å². The molecular formula is C18H30N2O. The van der Waals surface area contributed by atoms with Gasteiger partial charge in [-0.3, -0.25) is 4.79 Å². The van der Waals surface area contributed by atoms with Gasteiger partial charge in [-0.2, -0.15) is 0 Å². The van der Waals surface area contributed by atoms with Gasteiger partial charge in [0.15, 0.2) is 0 Å². The van der Waals surface area contributed by atoms with Crippen molar-refractivity contribution in [1.82, 2.24) is 10.6 Å². The molecule has 0 saturated carbocycles. The van der Waals surface area contributed by atoms with Crippen LogP contribution in [0.1, 0.15) is 57.7 Å². The molecule has 21 heavy (non-hydrogen) atoms. The van der Waals surface area contributed by atoms with Crippen molar-refractivity contribution in [2.45, 2.75) is 53.0 Å². The zero-order valence-electron chi connectivity index (χ0n) is 13.9. The third-order valence-corrected chi connectivity index (χ3v) is 3.50. The molecule has 0 fully saturated rings. The fourth-order valence-electron chi connectivity index (χ4n) is 2.29. The van der Waals surface area contributed by atoms with E-state index in [1.54, 1.807) is 0 Å². The Labute approximate surface area is 129 Å². The van der Waals surface area contributed by atoms with Gasteiger partial charge in [0.25, 0.3) is 0 Å². The molecule has 3 heteroatoms. The minimum Gasteiger partial charge on any atom is -0.356 e. The molecule has 0 saturated heterocycles. The Bertz CT molecular complexity index is 412. The first-order chi connectivity index (χ1) is 10.0. The maximum atomic E-state index is 11.5. The molecule has 0 aliphatic rings. The van der Waals surface area contributed by atoms with Gasteiger partial charge in [0, 0.05) is 25.6 Å². The third kappa shape index (κ3) is 7.28. The molecular weight excluding hydrogens is 260 g/mol. The van der Waals surface area contributed by atoms with Crippen molar-refractivity contribution in [1.29, 1.82) is 0 Å². The molecule has 0 aliphatic carbocycles. The van der Waals surface area contributed by atoms with Gasteiger partial charge >= 0.3 is 0 Å². The summed E-state index contributed by atoms with van der Waals surface area (Å²) in [5.74, 6) is 0.817. The molecule has 0 bridgehead atoms. The van der Waals surface area contributed by atoms with E-state index in [-0.39, 0.29) is 11.9 Å². The number of amides is 1. The van der Waals surface area contributed by atoms with Crippen LogP contribution in [0.15, 0.2) is 24.3 Å². The first-order valence-corrected chi connectivity index (χ1v) is 8.11. The van der Waals surface area contributed by atoms with Crippen molar-refractivity contribution in [2.24, 2.45) is 5.92 Å². The lowest BCUT2D eigenvalue weighted by Crippen LogP contribution is -2.29. The van der Waals surface area contributed by atoms with E-state index >= 15 is 0 Å². The Balaban J connectivity index is 2.34. The molecule has 1 atom stereocenters. The number of rotatable bonds is 9. The molecule has 0 heterocycles. The average molecular weight is 290 g/mol. The van der Waals surface area contributed by atoms with Crippen LogP contribution in [0.2, 0.25) is 0 Å². The van der Waals surface area contributed by atoms with Gasteiger partial charge in [-0.1, -0.05) is 45.0 Å². The standard InChI is InChI=1S/C18H30N2O/c1-5-11-20-18(21)10-12-19-15(4)17-8-6-16(7-9-17)13-14(2)3/h6-9,14-15,19H,5,10-13H2,1-4H3,(H,20,21). The summed E-state index contributed by atoms with van der Waals surface area (Å²) in [6, 6.07) is 9.07. The van der Waals surface area contributed by atoms with Crippen molar-refractivity contribution in [3.8, 4) is 0 Å². The van der Waals surface area contributed by atoms with Gasteiger partial charge in [-0.25, -0.2) is 0 Å². The normalized spacial score (nSPS) is 12.4. The van der Waals surface area contributed by atoms with E-state index in [9.17, 15) is 4.79 Å². The lowest BCUT2D eigenvalue weighted by Gasteiger charge is -2.15. The second-order valence-electron chi connectivity index (χ2n) is 6.12. The number of carbonyl (C=O) groups excluding carboxylic acids is 1. The van der Waals surface area contributed by atoms with E-state index in [0.29, 0.717) is 18.9 Å². The van der Waals surface area contributed by atoms with Crippen molar-refractivity contribution < 1.29 is 4.79 Å². The van der Waals surface area contributed by atoms with Gasteiger partial charge in [-0.05, 0) is 36.8 Å². The SMILES string of the molecule is CCCNC(=O)CCNC(C)c1ccc(CC(C)C)cc1. The highest BCUT2D eigenvalue weighted by Gasteiger charge is 2.06. The smallest absolute Gasteiger partial charge is 0.221 e. The van der Waals surface area contributed by atoms with Crippen LogP contribution in [0.5, 0.6) is 0 Å². The first-order valence-electron chi connectivity index (χ1n) is 8.11. The van der Waals surface area contributed by atoms with Crippen molar-refractivity contribution >= 4 is 5.91 Å². The van der Waals surface area contributed by atoms with Gasteiger partial charge < -0.3 is 10.6 Å². The quantitative estimate of drug-likeness (QED) is 0.731. The molecule has 0 aromatic heterocycles. The summed E-state index contributed by atoms with van der Waals surface area (Å²) in [4.78, 5) is 11.5. The average Bonchev–Trinajstić information content (AvgIpc) is 2.45. The highest BCUT2D eigenvalue weighted by molar-refractivity contribution is 5.75. The Morgan fingerprint density at radius 3 is 2.33 bits per heavy atom. The molecule has 1 rings (SSSR count). The summed E-state index contributed by atoms with van der Waals surface area (Å²) in [6.45, 7) is 10.2. The number of hydrogen-bond donors (Lipinski definition) is 2. The molecule has 0 radical (unpaired) electrons. The van der Waals surface area contributed by atoms with E-state index in [1.165, 1.54) is 11.1 Å². The van der Waals surface area contributed by atoms with Crippen LogP contribution in [0.4, 0.5) is 0 Å².